The van der Waals surface area contributed by atoms with Gasteiger partial charge >= 0.3 is 5.97 Å². The molecule has 1 unspecified atom stereocenters. The summed E-state index contributed by atoms with van der Waals surface area (Å²) in [7, 11) is 0. The lowest BCUT2D eigenvalue weighted by atomic mass is 9.86. The fraction of sp³-hybridized carbons (Fsp3) is 0.364. The van der Waals surface area contributed by atoms with Crippen LogP contribution in [0.4, 0.5) is 0 Å². The Kier molecular flexibility index (Phi) is 5.78. The van der Waals surface area contributed by atoms with Gasteiger partial charge in [0.2, 0.25) is 5.78 Å². The first-order chi connectivity index (χ1) is 11.7. The molecule has 1 atom stereocenters. The number of benzene rings is 2. The van der Waals surface area contributed by atoms with Gasteiger partial charge in [0.1, 0.15) is 5.60 Å². The summed E-state index contributed by atoms with van der Waals surface area (Å²) in [5.74, 6) is -1.81. The van der Waals surface area contributed by atoms with Gasteiger partial charge in [0, 0.05) is 0 Å². The highest BCUT2D eigenvalue weighted by atomic mass is 16.6. The number of ether oxygens (including phenoxy) is 1. The summed E-state index contributed by atoms with van der Waals surface area (Å²) in [6.07, 6.45) is 0.474. The number of ketones is 1. The third-order valence-electron chi connectivity index (χ3n) is 3.85. The van der Waals surface area contributed by atoms with Gasteiger partial charge in [0.25, 0.3) is 0 Å². The fourth-order valence-electron chi connectivity index (χ4n) is 2.89. The van der Waals surface area contributed by atoms with Crippen molar-refractivity contribution < 1.29 is 14.3 Å². The zero-order chi connectivity index (χ0) is 18.6. The molecule has 0 fully saturated rings. The molecule has 0 spiro atoms. The quantitative estimate of drug-likeness (QED) is 0.594. The molecule has 0 radical (unpaired) electrons. The van der Waals surface area contributed by atoms with Crippen LogP contribution in [0, 0.1) is 13.8 Å². The minimum absolute atomic E-state index is 0.474. The highest BCUT2D eigenvalue weighted by Crippen LogP contribution is 2.25. The second kappa shape index (κ2) is 7.64. The third-order valence-corrected chi connectivity index (χ3v) is 3.85. The van der Waals surface area contributed by atoms with Gasteiger partial charge < -0.3 is 4.74 Å². The molecule has 3 heteroatoms. The topological polar surface area (TPSA) is 43.4 Å². The van der Waals surface area contributed by atoms with Crippen molar-refractivity contribution in [1.29, 1.82) is 0 Å². The van der Waals surface area contributed by atoms with Crippen LogP contribution in [0.3, 0.4) is 0 Å². The summed E-state index contributed by atoms with van der Waals surface area (Å²) in [6.45, 7) is 9.28. The Bertz CT molecular complexity index is 734. The predicted octanol–water partition coefficient (Wildman–Crippen LogP) is 4.54. The first kappa shape index (κ1) is 18.9. The van der Waals surface area contributed by atoms with Crippen LogP contribution in [-0.4, -0.2) is 17.4 Å². The van der Waals surface area contributed by atoms with Gasteiger partial charge in [-0.3, -0.25) is 4.79 Å². The summed E-state index contributed by atoms with van der Waals surface area (Å²) in [4.78, 5) is 25.2. The van der Waals surface area contributed by atoms with Crippen molar-refractivity contribution in [2.45, 2.75) is 52.6 Å². The van der Waals surface area contributed by atoms with E-state index in [-0.39, 0.29) is 0 Å². The Balaban J connectivity index is 2.37. The van der Waals surface area contributed by atoms with Crippen molar-refractivity contribution in [3.63, 3.8) is 0 Å². The van der Waals surface area contributed by atoms with E-state index in [1.54, 1.807) is 20.8 Å². The maximum Gasteiger partial charge on any atom is 0.375 e. The molecule has 0 bridgehead atoms. The van der Waals surface area contributed by atoms with Gasteiger partial charge in [0.15, 0.2) is 0 Å². The second-order valence-corrected chi connectivity index (χ2v) is 7.53. The van der Waals surface area contributed by atoms with Crippen LogP contribution in [0.15, 0.2) is 48.5 Å². The minimum Gasteiger partial charge on any atom is -0.454 e. The van der Waals surface area contributed by atoms with Crippen molar-refractivity contribution in [3.05, 3.63) is 70.8 Å². The Morgan fingerprint density at radius 2 is 1.52 bits per heavy atom. The van der Waals surface area contributed by atoms with E-state index in [1.165, 1.54) is 0 Å². The van der Waals surface area contributed by atoms with E-state index in [9.17, 15) is 9.59 Å². The third kappa shape index (κ3) is 5.56. The van der Waals surface area contributed by atoms with Crippen LogP contribution in [0.25, 0.3) is 0 Å². The van der Waals surface area contributed by atoms with Gasteiger partial charge in [0.05, 0.1) is 5.92 Å². The van der Waals surface area contributed by atoms with E-state index in [4.69, 9.17) is 4.74 Å². The predicted molar refractivity (Wildman–Crippen MR) is 99.7 cm³/mol. The zero-order valence-electron chi connectivity index (χ0n) is 15.6. The van der Waals surface area contributed by atoms with E-state index in [1.807, 2.05) is 56.3 Å². The number of esters is 1. The average molecular weight is 338 g/mol. The molecule has 2 aromatic carbocycles. The van der Waals surface area contributed by atoms with Crippen molar-refractivity contribution >= 4 is 11.8 Å². The van der Waals surface area contributed by atoms with Gasteiger partial charge in [-0.25, -0.2) is 4.79 Å². The van der Waals surface area contributed by atoms with Crippen molar-refractivity contribution in [2.24, 2.45) is 0 Å². The molecule has 0 saturated heterocycles. The Morgan fingerprint density at radius 3 is 2.04 bits per heavy atom. The SMILES string of the molecule is Cc1cc(C)cc(C(Cc2ccccc2)C(=O)C(=O)OC(C)(C)C)c1. The molecule has 0 aliphatic rings. The Morgan fingerprint density at radius 1 is 0.960 bits per heavy atom. The number of hydrogen-bond acceptors (Lipinski definition) is 3. The summed E-state index contributed by atoms with van der Waals surface area (Å²) >= 11 is 0. The minimum atomic E-state index is -0.771. The maximum atomic E-state index is 12.9. The summed E-state index contributed by atoms with van der Waals surface area (Å²) < 4.78 is 5.31. The standard InChI is InChI=1S/C22H26O3/c1-15-11-16(2)13-18(12-15)19(14-17-9-7-6-8-10-17)20(23)21(24)25-22(3,4)5/h6-13,19H,14H2,1-5H3. The normalized spacial score (nSPS) is 12.5. The monoisotopic (exact) mass is 338 g/mol. The van der Waals surface area contributed by atoms with Crippen LogP contribution < -0.4 is 0 Å². The molecule has 0 aliphatic carbocycles. The molecule has 132 valence electrons. The van der Waals surface area contributed by atoms with E-state index in [0.717, 1.165) is 22.3 Å². The number of carbonyl (C=O) groups is 2. The van der Waals surface area contributed by atoms with Crippen molar-refractivity contribution in [1.82, 2.24) is 0 Å². The van der Waals surface area contributed by atoms with Gasteiger partial charge in [-0.2, -0.15) is 0 Å². The highest BCUT2D eigenvalue weighted by Gasteiger charge is 2.31. The molecule has 0 heterocycles. The van der Waals surface area contributed by atoms with E-state index in [2.05, 4.69) is 6.07 Å². The average Bonchev–Trinajstić information content (AvgIpc) is 2.50. The van der Waals surface area contributed by atoms with Crippen LogP contribution in [0.5, 0.6) is 0 Å². The summed E-state index contributed by atoms with van der Waals surface area (Å²) in [6, 6.07) is 15.8. The van der Waals surface area contributed by atoms with Crippen LogP contribution in [-0.2, 0) is 20.7 Å². The molecule has 3 nitrogen and oxygen atoms in total. The van der Waals surface area contributed by atoms with E-state index >= 15 is 0 Å². The number of carbonyl (C=O) groups excluding carboxylic acids is 2. The van der Waals surface area contributed by atoms with Crippen LogP contribution in [0.2, 0.25) is 0 Å². The Labute approximate surface area is 150 Å². The largest absolute Gasteiger partial charge is 0.454 e. The number of rotatable bonds is 5. The first-order valence-electron chi connectivity index (χ1n) is 8.55. The lowest BCUT2D eigenvalue weighted by Gasteiger charge is -2.22. The molecular formula is C22H26O3. The van der Waals surface area contributed by atoms with Gasteiger partial charge in [-0.05, 0) is 52.2 Å². The molecule has 0 aliphatic heterocycles. The zero-order valence-corrected chi connectivity index (χ0v) is 15.6. The maximum absolute atomic E-state index is 12.9. The van der Waals surface area contributed by atoms with E-state index < -0.39 is 23.3 Å². The first-order valence-corrected chi connectivity index (χ1v) is 8.55. The molecule has 25 heavy (non-hydrogen) atoms. The number of aryl methyl sites for hydroxylation is 2. The summed E-state index contributed by atoms with van der Waals surface area (Å²) in [5, 5.41) is 0. The van der Waals surface area contributed by atoms with Crippen LogP contribution >= 0.6 is 0 Å². The molecule has 2 rings (SSSR count). The molecule has 2 aromatic rings. The lowest BCUT2D eigenvalue weighted by molar-refractivity contribution is -0.163. The summed E-state index contributed by atoms with van der Waals surface area (Å²) in [5.41, 5.74) is 3.34. The molecular weight excluding hydrogens is 312 g/mol. The number of hydrogen-bond donors (Lipinski definition) is 0. The fourth-order valence-corrected chi connectivity index (χ4v) is 2.89. The molecule has 0 N–H and O–H groups in total. The van der Waals surface area contributed by atoms with Crippen LogP contribution in [0.1, 0.15) is 48.9 Å². The van der Waals surface area contributed by atoms with Gasteiger partial charge in [-0.1, -0.05) is 59.7 Å². The molecule has 0 aromatic heterocycles. The van der Waals surface area contributed by atoms with Crippen molar-refractivity contribution in [2.75, 3.05) is 0 Å². The highest BCUT2D eigenvalue weighted by molar-refractivity contribution is 6.36. The van der Waals surface area contributed by atoms with Crippen molar-refractivity contribution in [3.8, 4) is 0 Å². The van der Waals surface area contributed by atoms with Gasteiger partial charge in [-0.15, -0.1) is 0 Å². The lowest BCUT2D eigenvalue weighted by Crippen LogP contribution is -2.32. The van der Waals surface area contributed by atoms with E-state index in [0.29, 0.717) is 6.42 Å². The molecule has 0 saturated carbocycles. The smallest absolute Gasteiger partial charge is 0.375 e. The Hall–Kier alpha value is -2.42. The second-order valence-electron chi connectivity index (χ2n) is 7.53. The molecule has 0 amide bonds. The number of Topliss-reactive ketones (excluding diaryl/α,β-unsaturated/α-hetero) is 1.